The highest BCUT2D eigenvalue weighted by Gasteiger charge is 2.47. The molecule has 44 heavy (non-hydrogen) atoms. The molecular formula is C33H48N2O8Si. The number of hydrogen-bond acceptors (Lipinski definition) is 8. The third-order valence-electron chi connectivity index (χ3n) is 8.25. The van der Waals surface area contributed by atoms with Crippen molar-refractivity contribution in [2.75, 3.05) is 28.3 Å². The van der Waals surface area contributed by atoms with E-state index in [1.807, 2.05) is 18.2 Å². The molecule has 0 saturated heterocycles. The van der Waals surface area contributed by atoms with Gasteiger partial charge in [-0.3, -0.25) is 9.69 Å². The molecule has 0 N–H and O–H groups in total. The van der Waals surface area contributed by atoms with Gasteiger partial charge in [-0.05, 0) is 74.3 Å². The van der Waals surface area contributed by atoms with Crippen LogP contribution in [-0.2, 0) is 29.9 Å². The number of methoxy groups -OCH3 is 2. The van der Waals surface area contributed by atoms with E-state index in [0.29, 0.717) is 22.8 Å². The second-order valence-corrected chi connectivity index (χ2v) is 18.4. The summed E-state index contributed by atoms with van der Waals surface area (Å²) in [6.45, 7) is 15.8. The second-order valence-electron chi connectivity index (χ2n) is 13.7. The third kappa shape index (κ3) is 7.92. The first-order valence-electron chi connectivity index (χ1n) is 14.7. The number of esters is 1. The Labute approximate surface area is 262 Å². The van der Waals surface area contributed by atoms with Crippen LogP contribution < -0.4 is 9.47 Å². The number of nitrogens with zero attached hydrogens (tertiary/aromatic N) is 2. The molecule has 0 spiro atoms. The van der Waals surface area contributed by atoms with Crippen LogP contribution in [0.1, 0.15) is 58.8 Å². The Bertz CT molecular complexity index is 1350. The van der Waals surface area contributed by atoms with Crippen molar-refractivity contribution in [3.8, 4) is 17.2 Å². The Balaban J connectivity index is 2.31. The smallest absolute Gasteiger partial charge is 0.410 e. The summed E-state index contributed by atoms with van der Waals surface area (Å²) in [6, 6.07) is 10.4. The minimum Gasteiger partial charge on any atom is -0.493 e. The van der Waals surface area contributed by atoms with E-state index in [9.17, 15) is 14.4 Å². The monoisotopic (exact) mass is 628 g/mol. The van der Waals surface area contributed by atoms with Gasteiger partial charge in [-0.1, -0.05) is 39.0 Å². The van der Waals surface area contributed by atoms with Crippen LogP contribution >= 0.6 is 0 Å². The number of hydrogen-bond donors (Lipinski definition) is 0. The Kier molecular flexibility index (Phi) is 10.5. The molecule has 4 rings (SSSR count). The molecule has 2 aromatic carbocycles. The van der Waals surface area contributed by atoms with Crippen molar-refractivity contribution in [2.45, 2.75) is 89.9 Å². The van der Waals surface area contributed by atoms with Gasteiger partial charge in [-0.2, -0.15) is 0 Å². The molecule has 2 aromatic rings. The molecule has 10 nitrogen and oxygen atoms in total. The zero-order valence-corrected chi connectivity index (χ0v) is 29.1. The first kappa shape index (κ1) is 34.9. The largest absolute Gasteiger partial charge is 0.493 e. The average Bonchev–Trinajstić information content (AvgIpc) is 2.93. The summed E-state index contributed by atoms with van der Waals surface area (Å²) in [5.41, 5.74) is 0.574. The Morgan fingerprint density at radius 3 is 2.14 bits per heavy atom. The summed E-state index contributed by atoms with van der Waals surface area (Å²) in [5.74, 6) is 0.419. The van der Waals surface area contributed by atoms with Crippen molar-refractivity contribution in [1.29, 1.82) is 0 Å². The number of ether oxygens (including phenoxy) is 4. The van der Waals surface area contributed by atoms with Crippen molar-refractivity contribution >= 4 is 26.3 Å². The molecule has 0 aliphatic carbocycles. The molecule has 0 radical (unpaired) electrons. The first-order valence-corrected chi connectivity index (χ1v) is 17.6. The molecule has 3 atom stereocenters. The van der Waals surface area contributed by atoms with E-state index in [4.69, 9.17) is 23.4 Å². The van der Waals surface area contributed by atoms with Gasteiger partial charge < -0.3 is 28.3 Å². The van der Waals surface area contributed by atoms with Crippen LogP contribution in [0.3, 0.4) is 0 Å². The Hall–Kier alpha value is -3.57. The van der Waals surface area contributed by atoms with Crippen LogP contribution in [0.15, 0.2) is 42.5 Å². The topological polar surface area (TPSA) is 104 Å². The molecule has 11 heteroatoms. The van der Waals surface area contributed by atoms with E-state index in [2.05, 4.69) is 33.9 Å². The van der Waals surface area contributed by atoms with Gasteiger partial charge in [0.1, 0.15) is 29.5 Å². The van der Waals surface area contributed by atoms with Crippen molar-refractivity contribution in [3.05, 3.63) is 53.6 Å². The van der Waals surface area contributed by atoms with Crippen LogP contribution in [0, 0.1) is 0 Å². The number of carbonyl (C=O) groups is 3. The summed E-state index contributed by atoms with van der Waals surface area (Å²) in [7, 11) is 3.35. The van der Waals surface area contributed by atoms with Gasteiger partial charge in [0, 0.05) is 20.5 Å². The predicted molar refractivity (Wildman–Crippen MR) is 171 cm³/mol. The van der Waals surface area contributed by atoms with Crippen LogP contribution in [-0.4, -0.2) is 82.1 Å². The van der Waals surface area contributed by atoms with Gasteiger partial charge in [-0.25, -0.2) is 9.59 Å². The summed E-state index contributed by atoms with van der Waals surface area (Å²) in [6.07, 6.45) is -1.46. The fraction of sp³-hybridized carbons (Fsp3) is 0.545. The molecule has 4 bridgehead atoms. The molecular weight excluding hydrogens is 580 g/mol. The van der Waals surface area contributed by atoms with E-state index in [1.165, 1.54) is 24.0 Å². The molecule has 2 aliphatic heterocycles. The van der Waals surface area contributed by atoms with Gasteiger partial charge in [0.15, 0.2) is 19.8 Å². The van der Waals surface area contributed by atoms with Gasteiger partial charge >= 0.3 is 12.1 Å². The third-order valence-corrected chi connectivity index (χ3v) is 12.7. The van der Waals surface area contributed by atoms with E-state index in [0.717, 1.165) is 5.56 Å². The number of carbonyl (C=O) groups excluding carboxylic acids is 3. The SMILES string of the molecule is COC(=O)[C@@H]1Cc2ccc(OC)c(c2)Oc2ccc(cc2)[C@H](O[Si](C)(C)C(C)(C)C)[C@H](N(C)C(=O)OC(C)(C)C)C(=O)N1C. The number of benzene rings is 2. The zero-order chi connectivity index (χ0) is 33.2. The normalized spacial score (nSPS) is 19.5. The lowest BCUT2D eigenvalue weighted by molar-refractivity contribution is -0.155. The Morgan fingerprint density at radius 2 is 1.61 bits per heavy atom. The lowest BCUT2D eigenvalue weighted by atomic mass is 9.97. The molecule has 2 heterocycles. The lowest BCUT2D eigenvalue weighted by Gasteiger charge is -2.44. The fourth-order valence-electron chi connectivity index (χ4n) is 4.63. The van der Waals surface area contributed by atoms with Crippen molar-refractivity contribution in [1.82, 2.24) is 9.80 Å². The molecule has 242 valence electrons. The number of fused-ring (bicyclic) bond motifs is 7. The van der Waals surface area contributed by atoms with Crippen LogP contribution in [0.2, 0.25) is 18.1 Å². The van der Waals surface area contributed by atoms with E-state index >= 15 is 0 Å². The van der Waals surface area contributed by atoms with E-state index in [-0.39, 0.29) is 11.5 Å². The van der Waals surface area contributed by atoms with E-state index in [1.54, 1.807) is 59.2 Å². The summed E-state index contributed by atoms with van der Waals surface area (Å²) in [5, 5.41) is -0.215. The average molecular weight is 629 g/mol. The van der Waals surface area contributed by atoms with E-state index < -0.39 is 50.1 Å². The number of likely N-dealkylation sites (N-methyl/N-ethyl adjacent to an activating group) is 2. The number of amides is 2. The second kappa shape index (κ2) is 13.2. The first-order chi connectivity index (χ1) is 20.3. The van der Waals surface area contributed by atoms with Crippen molar-refractivity contribution in [2.24, 2.45) is 0 Å². The molecule has 2 amide bonds. The maximum Gasteiger partial charge on any atom is 0.410 e. The predicted octanol–water partition coefficient (Wildman–Crippen LogP) is 6.34. The molecule has 0 saturated carbocycles. The zero-order valence-electron chi connectivity index (χ0n) is 28.1. The molecule has 0 unspecified atom stereocenters. The summed E-state index contributed by atoms with van der Waals surface area (Å²) in [4.78, 5) is 44.1. The molecule has 2 aliphatic rings. The van der Waals surface area contributed by atoms with Crippen LogP contribution in [0.4, 0.5) is 4.79 Å². The minimum absolute atomic E-state index is 0.128. The van der Waals surface area contributed by atoms with Crippen LogP contribution in [0.25, 0.3) is 0 Å². The van der Waals surface area contributed by atoms with Gasteiger partial charge in [0.2, 0.25) is 5.91 Å². The molecule has 0 fully saturated rings. The van der Waals surface area contributed by atoms with Crippen molar-refractivity contribution in [3.63, 3.8) is 0 Å². The standard InChI is InChI=1S/C33H48N2O8Si/c1-32(2,3)42-31(38)35(8)27-28(43-44(11,12)33(4,5)6)22-14-16-23(17-15-22)41-26-20-21(13-18-25(26)39-9)19-24(30(37)40-10)34(7)29(27)36/h13-18,20,24,27-28H,19H2,1-12H3/t24-,27-,28-/m0/s1. The van der Waals surface area contributed by atoms with Gasteiger partial charge in [0.05, 0.1) is 14.2 Å². The van der Waals surface area contributed by atoms with Gasteiger partial charge in [0.25, 0.3) is 0 Å². The quantitative estimate of drug-likeness (QED) is 0.279. The number of rotatable bonds is 5. The van der Waals surface area contributed by atoms with Gasteiger partial charge in [-0.15, -0.1) is 0 Å². The van der Waals surface area contributed by atoms with Crippen molar-refractivity contribution < 1.29 is 37.8 Å². The highest BCUT2D eigenvalue weighted by molar-refractivity contribution is 6.74. The maximum atomic E-state index is 14.7. The Morgan fingerprint density at radius 1 is 1.00 bits per heavy atom. The highest BCUT2D eigenvalue weighted by Crippen LogP contribution is 2.42. The summed E-state index contributed by atoms with van der Waals surface area (Å²) >= 11 is 0. The fourth-order valence-corrected chi connectivity index (χ4v) is 5.89. The lowest BCUT2D eigenvalue weighted by Crippen LogP contribution is -2.58. The maximum absolute atomic E-state index is 14.7. The highest BCUT2D eigenvalue weighted by atomic mass is 28.4. The minimum atomic E-state index is -2.55. The molecule has 0 aromatic heterocycles. The summed E-state index contributed by atoms with van der Waals surface area (Å²) < 4.78 is 29.6. The van der Waals surface area contributed by atoms with Crippen LogP contribution in [0.5, 0.6) is 17.2 Å².